The summed E-state index contributed by atoms with van der Waals surface area (Å²) < 4.78 is 0. The molecule has 1 heterocycles. The van der Waals surface area contributed by atoms with E-state index in [0.717, 1.165) is 16.2 Å². The van der Waals surface area contributed by atoms with Crippen LogP contribution < -0.4 is 5.32 Å². The Morgan fingerprint density at radius 2 is 2.22 bits per heavy atom. The van der Waals surface area contributed by atoms with E-state index in [9.17, 15) is 0 Å². The molecule has 0 aliphatic heterocycles. The van der Waals surface area contributed by atoms with Crippen molar-refractivity contribution >= 4 is 22.8 Å². The minimum Gasteiger partial charge on any atom is -0.333 e. The number of aromatic nitrogens is 2. The molecule has 2 unspecified atom stereocenters. The molecular weight excluding hydrogens is 242 g/mol. The summed E-state index contributed by atoms with van der Waals surface area (Å²) >= 11 is 1.90. The van der Waals surface area contributed by atoms with Gasteiger partial charge in [0.25, 0.3) is 0 Å². The van der Waals surface area contributed by atoms with Crippen LogP contribution >= 0.6 is 11.8 Å². The lowest BCUT2D eigenvalue weighted by Gasteiger charge is -2.27. The van der Waals surface area contributed by atoms with E-state index in [1.54, 1.807) is 0 Å². The van der Waals surface area contributed by atoms with Gasteiger partial charge >= 0.3 is 0 Å². The molecule has 0 saturated heterocycles. The van der Waals surface area contributed by atoms with Gasteiger partial charge in [-0.1, -0.05) is 30.3 Å². The Bertz CT molecular complexity index is 489. The van der Waals surface area contributed by atoms with Crippen molar-refractivity contribution in [3.8, 4) is 0 Å². The second-order valence-electron chi connectivity index (χ2n) is 4.95. The van der Waals surface area contributed by atoms with Crippen molar-refractivity contribution in [2.75, 3.05) is 7.05 Å². The predicted molar refractivity (Wildman–Crippen MR) is 77.1 cm³/mol. The van der Waals surface area contributed by atoms with E-state index in [2.05, 4.69) is 34.5 Å². The van der Waals surface area contributed by atoms with Crippen LogP contribution in [-0.2, 0) is 0 Å². The quantitative estimate of drug-likeness (QED) is 0.891. The number of nitrogens with zero attached hydrogens (tertiary/aromatic N) is 1. The number of fused-ring (bicyclic) bond motifs is 1. The number of H-pyrrole nitrogens is 1. The zero-order valence-corrected chi connectivity index (χ0v) is 11.5. The largest absolute Gasteiger partial charge is 0.333 e. The Balaban J connectivity index is 1.71. The number of benzene rings is 1. The first-order chi connectivity index (χ1) is 8.85. The van der Waals surface area contributed by atoms with Crippen LogP contribution in [0.3, 0.4) is 0 Å². The van der Waals surface area contributed by atoms with Gasteiger partial charge in [0.15, 0.2) is 5.16 Å². The van der Waals surface area contributed by atoms with Crippen LogP contribution in [0.15, 0.2) is 29.4 Å². The highest BCUT2D eigenvalue weighted by molar-refractivity contribution is 7.99. The monoisotopic (exact) mass is 261 g/mol. The van der Waals surface area contributed by atoms with Crippen LogP contribution in [0.5, 0.6) is 0 Å². The van der Waals surface area contributed by atoms with E-state index in [1.165, 1.54) is 25.7 Å². The van der Waals surface area contributed by atoms with Gasteiger partial charge in [0.05, 0.1) is 11.0 Å². The second-order valence-corrected chi connectivity index (χ2v) is 6.24. The summed E-state index contributed by atoms with van der Waals surface area (Å²) in [5, 5.41) is 5.16. The molecule has 0 bridgehead atoms. The molecule has 4 heteroatoms. The minimum absolute atomic E-state index is 0.681. The average Bonchev–Trinajstić information content (AvgIpc) is 2.81. The van der Waals surface area contributed by atoms with E-state index < -0.39 is 0 Å². The highest BCUT2D eigenvalue weighted by atomic mass is 32.2. The van der Waals surface area contributed by atoms with Crippen LogP contribution in [0.25, 0.3) is 11.0 Å². The summed E-state index contributed by atoms with van der Waals surface area (Å²) in [6.45, 7) is 0. The molecule has 1 aromatic heterocycles. The summed E-state index contributed by atoms with van der Waals surface area (Å²) in [6, 6.07) is 8.92. The third-order valence-corrected chi connectivity index (χ3v) is 4.86. The number of aromatic amines is 1. The van der Waals surface area contributed by atoms with Crippen molar-refractivity contribution in [2.24, 2.45) is 0 Å². The molecule has 1 aliphatic carbocycles. The predicted octanol–water partition coefficient (Wildman–Crippen LogP) is 3.19. The van der Waals surface area contributed by atoms with Gasteiger partial charge in [-0.15, -0.1) is 0 Å². The number of para-hydroxylation sites is 2. The zero-order chi connectivity index (χ0) is 12.4. The molecule has 0 spiro atoms. The first-order valence-electron chi connectivity index (χ1n) is 6.64. The highest BCUT2D eigenvalue weighted by Gasteiger charge is 2.22. The zero-order valence-electron chi connectivity index (χ0n) is 10.6. The van der Waals surface area contributed by atoms with Crippen LogP contribution in [0.4, 0.5) is 0 Å². The number of hydrogen-bond donors (Lipinski definition) is 2. The lowest BCUT2D eigenvalue weighted by molar-refractivity contribution is 0.402. The first kappa shape index (κ1) is 12.1. The molecule has 1 saturated carbocycles. The summed E-state index contributed by atoms with van der Waals surface area (Å²) in [5.41, 5.74) is 2.21. The first-order valence-corrected chi connectivity index (χ1v) is 7.52. The molecule has 1 aromatic carbocycles. The third-order valence-electron chi connectivity index (χ3n) is 3.68. The molecular formula is C14H19N3S. The lowest BCUT2D eigenvalue weighted by atomic mass is 9.95. The van der Waals surface area contributed by atoms with Gasteiger partial charge in [0.1, 0.15) is 0 Å². The number of hydrogen-bond acceptors (Lipinski definition) is 3. The van der Waals surface area contributed by atoms with Crippen LogP contribution in [-0.4, -0.2) is 28.3 Å². The molecule has 18 heavy (non-hydrogen) atoms. The molecule has 0 radical (unpaired) electrons. The Labute approximate surface area is 112 Å². The van der Waals surface area contributed by atoms with Gasteiger partial charge in [-0.2, -0.15) is 0 Å². The Hall–Kier alpha value is -1.00. The molecule has 2 N–H and O–H groups in total. The highest BCUT2D eigenvalue weighted by Crippen LogP contribution is 2.33. The maximum Gasteiger partial charge on any atom is 0.166 e. The molecule has 1 aliphatic rings. The van der Waals surface area contributed by atoms with Crippen molar-refractivity contribution in [3.05, 3.63) is 24.3 Å². The van der Waals surface area contributed by atoms with Crippen molar-refractivity contribution in [3.63, 3.8) is 0 Å². The number of rotatable bonds is 3. The van der Waals surface area contributed by atoms with E-state index in [4.69, 9.17) is 0 Å². The molecule has 2 atom stereocenters. The topological polar surface area (TPSA) is 40.7 Å². The second kappa shape index (κ2) is 5.33. The van der Waals surface area contributed by atoms with E-state index in [1.807, 2.05) is 23.9 Å². The van der Waals surface area contributed by atoms with Gasteiger partial charge in [0, 0.05) is 11.3 Å². The van der Waals surface area contributed by atoms with E-state index in [-0.39, 0.29) is 0 Å². The summed E-state index contributed by atoms with van der Waals surface area (Å²) in [7, 11) is 2.07. The fraction of sp³-hybridized carbons (Fsp3) is 0.500. The molecule has 0 amide bonds. The average molecular weight is 261 g/mol. The van der Waals surface area contributed by atoms with Crippen LogP contribution in [0.2, 0.25) is 0 Å². The molecule has 3 rings (SSSR count). The van der Waals surface area contributed by atoms with Gasteiger partial charge in [-0.3, -0.25) is 0 Å². The van der Waals surface area contributed by atoms with Gasteiger partial charge in [-0.05, 0) is 38.4 Å². The number of imidazole rings is 1. The summed E-state index contributed by atoms with van der Waals surface area (Å²) in [4.78, 5) is 8.05. The van der Waals surface area contributed by atoms with Gasteiger partial charge in [0.2, 0.25) is 0 Å². The van der Waals surface area contributed by atoms with Crippen molar-refractivity contribution in [1.82, 2.24) is 15.3 Å². The standard InChI is InChI=1S/C14H19N3S/c1-15-10-5-4-6-11(9-10)18-14-16-12-7-2-3-8-13(12)17-14/h2-3,7-8,10-11,15H,4-6,9H2,1H3,(H,16,17). The minimum atomic E-state index is 0.681. The molecule has 1 fully saturated rings. The van der Waals surface area contributed by atoms with Gasteiger partial charge in [-0.25, -0.2) is 4.98 Å². The fourth-order valence-electron chi connectivity index (χ4n) is 2.66. The molecule has 96 valence electrons. The molecule has 2 aromatic rings. The van der Waals surface area contributed by atoms with Crippen molar-refractivity contribution < 1.29 is 0 Å². The smallest absolute Gasteiger partial charge is 0.166 e. The summed E-state index contributed by atoms with van der Waals surface area (Å²) in [6.07, 6.45) is 5.19. The molecule has 3 nitrogen and oxygen atoms in total. The van der Waals surface area contributed by atoms with Crippen LogP contribution in [0, 0.1) is 0 Å². The van der Waals surface area contributed by atoms with Gasteiger partial charge < -0.3 is 10.3 Å². The van der Waals surface area contributed by atoms with E-state index in [0.29, 0.717) is 11.3 Å². The Kier molecular flexibility index (Phi) is 3.57. The van der Waals surface area contributed by atoms with E-state index >= 15 is 0 Å². The maximum absolute atomic E-state index is 4.64. The Morgan fingerprint density at radius 3 is 3.06 bits per heavy atom. The lowest BCUT2D eigenvalue weighted by Crippen LogP contribution is -2.32. The Morgan fingerprint density at radius 1 is 1.33 bits per heavy atom. The van der Waals surface area contributed by atoms with Crippen molar-refractivity contribution in [2.45, 2.75) is 42.1 Å². The van der Waals surface area contributed by atoms with Crippen LogP contribution in [0.1, 0.15) is 25.7 Å². The summed E-state index contributed by atoms with van der Waals surface area (Å²) in [5.74, 6) is 0. The normalized spacial score (nSPS) is 24.5. The SMILES string of the molecule is CNC1CCCC(Sc2nc3ccccc3[nH]2)C1. The third kappa shape index (κ3) is 2.54. The number of nitrogens with one attached hydrogen (secondary N) is 2. The maximum atomic E-state index is 4.64. The van der Waals surface area contributed by atoms with Crippen molar-refractivity contribution in [1.29, 1.82) is 0 Å². The number of thioether (sulfide) groups is 1. The fourth-order valence-corrected chi connectivity index (χ4v) is 3.91.